The fraction of sp³-hybridized carbons (Fsp3) is 0.500. The van der Waals surface area contributed by atoms with Gasteiger partial charge in [0.2, 0.25) is 0 Å². The largest absolute Gasteiger partial charge is 0.328 e. The van der Waals surface area contributed by atoms with Crippen molar-refractivity contribution in [1.29, 1.82) is 0 Å². The molecule has 2 aromatic heterocycles. The van der Waals surface area contributed by atoms with Gasteiger partial charge in [-0.05, 0) is 19.9 Å². The molecule has 112 valence electrons. The molecule has 0 unspecified atom stereocenters. The third-order valence-corrected chi connectivity index (χ3v) is 3.79. The first-order valence-electron chi connectivity index (χ1n) is 7.09. The smallest absolute Gasteiger partial charge is 0.311 e. The highest BCUT2D eigenvalue weighted by atomic mass is 16.2. The van der Waals surface area contributed by atoms with Crippen molar-refractivity contribution in [3.05, 3.63) is 50.1 Å². The van der Waals surface area contributed by atoms with Gasteiger partial charge in [0.25, 0.3) is 5.56 Å². The molecule has 0 bridgehead atoms. The quantitative estimate of drug-likeness (QED) is 0.854. The Morgan fingerprint density at radius 1 is 1.19 bits per heavy atom. The maximum atomic E-state index is 11.8. The highest BCUT2D eigenvalue weighted by molar-refractivity contribution is 5.10. The van der Waals surface area contributed by atoms with Crippen molar-refractivity contribution < 1.29 is 0 Å². The monoisotopic (exact) mass is 289 g/mol. The molecule has 3 rings (SSSR count). The molecule has 7 nitrogen and oxygen atoms in total. The molecule has 0 saturated heterocycles. The van der Waals surface area contributed by atoms with E-state index < -0.39 is 0 Å². The van der Waals surface area contributed by atoms with Crippen molar-refractivity contribution in [3.8, 4) is 0 Å². The van der Waals surface area contributed by atoms with E-state index in [1.165, 1.54) is 16.3 Å². The molecule has 0 aliphatic carbocycles. The average molecular weight is 289 g/mol. The zero-order valence-electron chi connectivity index (χ0n) is 12.3. The van der Waals surface area contributed by atoms with Crippen LogP contribution in [0.3, 0.4) is 0 Å². The lowest BCUT2D eigenvalue weighted by Gasteiger charge is -2.27. The predicted octanol–water partition coefficient (Wildman–Crippen LogP) is -0.134. The number of aryl methyl sites for hydroxylation is 2. The van der Waals surface area contributed by atoms with Gasteiger partial charge >= 0.3 is 5.69 Å². The van der Waals surface area contributed by atoms with Crippen molar-refractivity contribution in [2.24, 2.45) is 0 Å². The Balaban J connectivity index is 1.70. The molecule has 0 spiro atoms. The van der Waals surface area contributed by atoms with E-state index in [0.717, 1.165) is 25.3 Å². The van der Waals surface area contributed by atoms with Gasteiger partial charge in [-0.25, -0.2) is 4.79 Å². The SMILES string of the molecule is Cc1cc2n(n1)CCN(CCn1c(=O)cc(C)[nH]c1=O)C2. The van der Waals surface area contributed by atoms with Gasteiger partial charge < -0.3 is 4.98 Å². The Hall–Kier alpha value is -2.15. The number of fused-ring (bicyclic) bond motifs is 1. The summed E-state index contributed by atoms with van der Waals surface area (Å²) in [4.78, 5) is 28.6. The Bertz CT molecular complexity index is 739. The summed E-state index contributed by atoms with van der Waals surface area (Å²) in [6.45, 7) is 7.31. The number of hydrogen-bond acceptors (Lipinski definition) is 4. The average Bonchev–Trinajstić information content (AvgIpc) is 2.76. The summed E-state index contributed by atoms with van der Waals surface area (Å²) in [7, 11) is 0. The molecular formula is C14H19N5O2. The van der Waals surface area contributed by atoms with Gasteiger partial charge in [0, 0.05) is 37.9 Å². The first kappa shape index (κ1) is 13.8. The zero-order valence-corrected chi connectivity index (χ0v) is 12.3. The molecule has 0 atom stereocenters. The van der Waals surface area contributed by atoms with Crippen LogP contribution in [0.5, 0.6) is 0 Å². The number of aromatic nitrogens is 4. The van der Waals surface area contributed by atoms with Gasteiger partial charge in [-0.2, -0.15) is 5.10 Å². The summed E-state index contributed by atoms with van der Waals surface area (Å²) in [5.41, 5.74) is 2.23. The van der Waals surface area contributed by atoms with Gasteiger partial charge in [-0.3, -0.25) is 18.9 Å². The van der Waals surface area contributed by atoms with E-state index in [9.17, 15) is 9.59 Å². The summed E-state index contributed by atoms with van der Waals surface area (Å²) in [5.74, 6) is 0. The van der Waals surface area contributed by atoms with Crippen LogP contribution >= 0.6 is 0 Å². The van der Waals surface area contributed by atoms with Crippen LogP contribution in [0, 0.1) is 13.8 Å². The second-order valence-electron chi connectivity index (χ2n) is 5.52. The summed E-state index contributed by atoms with van der Waals surface area (Å²) in [6, 6.07) is 3.53. The molecule has 1 aliphatic rings. The summed E-state index contributed by atoms with van der Waals surface area (Å²) in [5, 5.41) is 4.42. The van der Waals surface area contributed by atoms with Crippen molar-refractivity contribution in [2.45, 2.75) is 33.5 Å². The third kappa shape index (κ3) is 2.82. The molecule has 1 N–H and O–H groups in total. The normalized spacial score (nSPS) is 15.1. The van der Waals surface area contributed by atoms with Crippen molar-refractivity contribution >= 4 is 0 Å². The van der Waals surface area contributed by atoms with E-state index in [0.29, 0.717) is 18.8 Å². The van der Waals surface area contributed by atoms with E-state index >= 15 is 0 Å². The second-order valence-corrected chi connectivity index (χ2v) is 5.52. The number of H-pyrrole nitrogens is 1. The Kier molecular flexibility index (Phi) is 3.50. The maximum absolute atomic E-state index is 11.8. The zero-order chi connectivity index (χ0) is 15.0. The topological polar surface area (TPSA) is 75.9 Å². The van der Waals surface area contributed by atoms with Crippen molar-refractivity contribution in [3.63, 3.8) is 0 Å². The van der Waals surface area contributed by atoms with Crippen LogP contribution in [0.4, 0.5) is 0 Å². The van der Waals surface area contributed by atoms with Crippen LogP contribution in [0.1, 0.15) is 17.1 Å². The molecule has 7 heteroatoms. The highest BCUT2D eigenvalue weighted by Gasteiger charge is 2.17. The second kappa shape index (κ2) is 5.33. The van der Waals surface area contributed by atoms with Gasteiger partial charge in [-0.15, -0.1) is 0 Å². The fourth-order valence-corrected chi connectivity index (χ4v) is 2.74. The molecule has 0 saturated carbocycles. The first-order chi connectivity index (χ1) is 10.0. The molecule has 1 aliphatic heterocycles. The summed E-state index contributed by atoms with van der Waals surface area (Å²) < 4.78 is 3.28. The lowest BCUT2D eigenvalue weighted by molar-refractivity contribution is 0.204. The van der Waals surface area contributed by atoms with Crippen LogP contribution in [0.25, 0.3) is 0 Å². The number of aromatic amines is 1. The maximum Gasteiger partial charge on any atom is 0.328 e. The Labute approximate surface area is 121 Å². The summed E-state index contributed by atoms with van der Waals surface area (Å²) in [6.07, 6.45) is 0. The van der Waals surface area contributed by atoms with Gasteiger partial charge in [0.1, 0.15) is 0 Å². The number of hydrogen-bond donors (Lipinski definition) is 1. The van der Waals surface area contributed by atoms with E-state index in [2.05, 4.69) is 21.0 Å². The van der Waals surface area contributed by atoms with Crippen molar-refractivity contribution in [1.82, 2.24) is 24.2 Å². The van der Waals surface area contributed by atoms with Crippen LogP contribution in [-0.2, 0) is 19.6 Å². The molecule has 21 heavy (non-hydrogen) atoms. The van der Waals surface area contributed by atoms with Crippen molar-refractivity contribution in [2.75, 3.05) is 13.1 Å². The molecule has 0 radical (unpaired) electrons. The lowest BCUT2D eigenvalue weighted by Crippen LogP contribution is -2.41. The third-order valence-electron chi connectivity index (χ3n) is 3.79. The van der Waals surface area contributed by atoms with E-state index in [1.54, 1.807) is 6.92 Å². The van der Waals surface area contributed by atoms with Gasteiger partial charge in [-0.1, -0.05) is 0 Å². The van der Waals surface area contributed by atoms with Crippen LogP contribution in [-0.4, -0.2) is 37.3 Å². The minimum absolute atomic E-state index is 0.242. The molecule has 0 aromatic carbocycles. The lowest BCUT2D eigenvalue weighted by atomic mass is 10.3. The molecule has 0 amide bonds. The van der Waals surface area contributed by atoms with E-state index in [-0.39, 0.29) is 11.2 Å². The van der Waals surface area contributed by atoms with Crippen LogP contribution in [0.15, 0.2) is 21.7 Å². The van der Waals surface area contributed by atoms with E-state index in [4.69, 9.17) is 0 Å². The molecule has 2 aromatic rings. The number of nitrogens with one attached hydrogen (secondary N) is 1. The van der Waals surface area contributed by atoms with Crippen LogP contribution in [0.2, 0.25) is 0 Å². The Morgan fingerprint density at radius 2 is 2.00 bits per heavy atom. The standard InChI is InChI=1S/C14H19N5O2/c1-10-8-13(20)18(14(21)15-10)5-3-17-4-6-19-12(9-17)7-11(2)16-19/h7-8H,3-6,9H2,1-2H3,(H,15,21). The number of rotatable bonds is 3. The Morgan fingerprint density at radius 3 is 2.76 bits per heavy atom. The fourth-order valence-electron chi connectivity index (χ4n) is 2.74. The predicted molar refractivity (Wildman–Crippen MR) is 78.3 cm³/mol. The molecule has 0 fully saturated rings. The minimum atomic E-state index is -0.335. The van der Waals surface area contributed by atoms with E-state index in [1.807, 2.05) is 11.6 Å². The molecule has 3 heterocycles. The molecular weight excluding hydrogens is 270 g/mol. The first-order valence-corrected chi connectivity index (χ1v) is 7.09. The van der Waals surface area contributed by atoms with Gasteiger partial charge in [0.05, 0.1) is 17.9 Å². The number of nitrogens with zero attached hydrogens (tertiary/aromatic N) is 4. The van der Waals surface area contributed by atoms with Gasteiger partial charge in [0.15, 0.2) is 0 Å². The minimum Gasteiger partial charge on any atom is -0.311 e. The van der Waals surface area contributed by atoms with Crippen LogP contribution < -0.4 is 11.2 Å². The highest BCUT2D eigenvalue weighted by Crippen LogP contribution is 2.12. The summed E-state index contributed by atoms with van der Waals surface area (Å²) >= 11 is 0.